The number of anilines is 2. The van der Waals surface area contributed by atoms with E-state index >= 15 is 4.39 Å². The van der Waals surface area contributed by atoms with Crippen LogP contribution in [0.15, 0.2) is 54.0 Å². The number of carbonyl (C=O) groups is 1. The first-order chi connectivity index (χ1) is 20.6. The van der Waals surface area contributed by atoms with Gasteiger partial charge >= 0.3 is 5.69 Å². The second-order valence-electron chi connectivity index (χ2n) is 11.3. The van der Waals surface area contributed by atoms with Crippen molar-refractivity contribution in [1.29, 1.82) is 0 Å². The molecule has 2 aliphatic heterocycles. The smallest absolute Gasteiger partial charge is 0.354 e. The van der Waals surface area contributed by atoms with Crippen LogP contribution in [0.25, 0.3) is 27.7 Å². The monoisotopic (exact) mass is 602 g/mol. The summed E-state index contributed by atoms with van der Waals surface area (Å²) in [4.78, 5) is 39.6. The van der Waals surface area contributed by atoms with E-state index < -0.39 is 11.5 Å². The Bertz CT molecular complexity index is 1840. The highest BCUT2D eigenvalue weighted by molar-refractivity contribution is 6.33. The molecule has 0 aliphatic carbocycles. The predicted molar refractivity (Wildman–Crippen MR) is 167 cm³/mol. The molecule has 4 heterocycles. The van der Waals surface area contributed by atoms with Gasteiger partial charge in [-0.25, -0.2) is 9.18 Å². The van der Waals surface area contributed by atoms with Crippen LogP contribution in [-0.2, 0) is 4.79 Å². The molecule has 2 aliphatic rings. The molecular weight excluding hydrogens is 571 g/mol. The molecule has 0 radical (unpaired) electrons. The van der Waals surface area contributed by atoms with Crippen molar-refractivity contribution in [3.05, 3.63) is 81.8 Å². The number of halogens is 2. The highest BCUT2D eigenvalue weighted by atomic mass is 35.5. The SMILES string of the molecule is C=CC(=O)N1CCN2c3nc(=O)n(-c4c(C)ccnc4C(C)C)c4cc(-c5c(O)cccc5Cl)c(F)c(c34)NCCC2C1. The number of nitrogens with zero attached hydrogens (tertiary/aromatic N) is 5. The van der Waals surface area contributed by atoms with E-state index in [9.17, 15) is 14.7 Å². The number of piperazine rings is 1. The number of phenolic OH excluding ortho intramolecular Hbond substituents is 1. The van der Waals surface area contributed by atoms with Crippen LogP contribution < -0.4 is 15.9 Å². The van der Waals surface area contributed by atoms with Crippen molar-refractivity contribution in [2.24, 2.45) is 0 Å². The molecule has 1 amide bonds. The molecule has 0 saturated carbocycles. The number of pyridine rings is 1. The van der Waals surface area contributed by atoms with E-state index in [-0.39, 0.29) is 45.5 Å². The molecule has 11 heteroatoms. The van der Waals surface area contributed by atoms with Crippen LogP contribution >= 0.6 is 11.6 Å². The molecule has 1 saturated heterocycles. The van der Waals surface area contributed by atoms with E-state index in [1.165, 1.54) is 16.7 Å². The van der Waals surface area contributed by atoms with Crippen molar-refractivity contribution in [3.8, 4) is 22.6 Å². The van der Waals surface area contributed by atoms with E-state index in [4.69, 9.17) is 11.6 Å². The summed E-state index contributed by atoms with van der Waals surface area (Å²) >= 11 is 6.52. The molecule has 0 spiro atoms. The molecule has 43 heavy (non-hydrogen) atoms. The zero-order valence-electron chi connectivity index (χ0n) is 24.2. The molecule has 1 fully saturated rings. The molecule has 6 rings (SSSR count). The lowest BCUT2D eigenvalue weighted by molar-refractivity contribution is -0.126. The molecule has 2 aromatic heterocycles. The van der Waals surface area contributed by atoms with Gasteiger partial charge in [0.05, 0.1) is 33.0 Å². The lowest BCUT2D eigenvalue weighted by Gasteiger charge is -2.43. The maximum atomic E-state index is 16.7. The van der Waals surface area contributed by atoms with E-state index in [1.807, 2.05) is 31.7 Å². The molecule has 0 bridgehead atoms. The zero-order valence-corrected chi connectivity index (χ0v) is 25.0. The zero-order chi connectivity index (χ0) is 30.6. The third kappa shape index (κ3) is 4.70. The Kier molecular flexibility index (Phi) is 7.33. The fourth-order valence-corrected chi connectivity index (χ4v) is 6.53. The van der Waals surface area contributed by atoms with Crippen molar-refractivity contribution in [2.45, 2.75) is 39.2 Å². The summed E-state index contributed by atoms with van der Waals surface area (Å²) < 4.78 is 18.2. The van der Waals surface area contributed by atoms with Crippen LogP contribution in [0.4, 0.5) is 15.9 Å². The summed E-state index contributed by atoms with van der Waals surface area (Å²) in [5.74, 6) is -0.645. The highest BCUT2D eigenvalue weighted by Gasteiger charge is 2.35. The van der Waals surface area contributed by atoms with Crippen LogP contribution in [0.1, 0.15) is 37.4 Å². The fraction of sp³-hybridized carbons (Fsp3) is 0.312. The Labute approximate surface area is 253 Å². The Morgan fingerprint density at radius 1 is 1.28 bits per heavy atom. The summed E-state index contributed by atoms with van der Waals surface area (Å²) in [5.41, 5.74) is 2.27. The molecular formula is C32H32ClFN6O3. The minimum Gasteiger partial charge on any atom is -0.507 e. The number of aryl methyl sites for hydroxylation is 1. The number of rotatable bonds is 4. The summed E-state index contributed by atoms with van der Waals surface area (Å²) in [5, 5.41) is 14.7. The minimum absolute atomic E-state index is 0.0274. The van der Waals surface area contributed by atoms with Gasteiger partial charge in [-0.2, -0.15) is 4.98 Å². The highest BCUT2D eigenvalue weighted by Crippen LogP contribution is 2.45. The van der Waals surface area contributed by atoms with E-state index in [0.717, 1.165) is 5.56 Å². The molecule has 2 N–H and O–H groups in total. The summed E-state index contributed by atoms with van der Waals surface area (Å²) in [7, 11) is 0. The molecule has 9 nitrogen and oxygen atoms in total. The summed E-state index contributed by atoms with van der Waals surface area (Å²) in [6.45, 7) is 11.1. The van der Waals surface area contributed by atoms with Gasteiger partial charge in [-0.3, -0.25) is 14.3 Å². The number of aromatic hydroxyl groups is 1. The molecule has 1 atom stereocenters. The van der Waals surface area contributed by atoms with Crippen LogP contribution in [0.2, 0.25) is 5.02 Å². The average molecular weight is 603 g/mol. The van der Waals surface area contributed by atoms with Crippen LogP contribution in [0.3, 0.4) is 0 Å². The number of fused-ring (bicyclic) bond motifs is 2. The Morgan fingerprint density at radius 2 is 2.07 bits per heavy atom. The Balaban J connectivity index is 1.72. The first-order valence-corrected chi connectivity index (χ1v) is 14.6. The first-order valence-electron chi connectivity index (χ1n) is 14.3. The molecule has 4 aromatic rings. The topological polar surface area (TPSA) is 104 Å². The maximum absolute atomic E-state index is 16.7. The Hall–Kier alpha value is -4.44. The van der Waals surface area contributed by atoms with Gasteiger partial charge in [0, 0.05) is 49.5 Å². The van der Waals surface area contributed by atoms with Crippen molar-refractivity contribution in [3.63, 3.8) is 0 Å². The number of nitrogens with one attached hydrogen (secondary N) is 1. The van der Waals surface area contributed by atoms with Gasteiger partial charge < -0.3 is 20.2 Å². The van der Waals surface area contributed by atoms with Crippen molar-refractivity contribution in [1.82, 2.24) is 19.4 Å². The number of amides is 1. The second kappa shape index (κ2) is 11.0. The summed E-state index contributed by atoms with van der Waals surface area (Å²) in [6, 6.07) is 7.84. The van der Waals surface area contributed by atoms with E-state index in [1.54, 1.807) is 29.3 Å². The van der Waals surface area contributed by atoms with Crippen LogP contribution in [0, 0.1) is 12.7 Å². The predicted octanol–water partition coefficient (Wildman–Crippen LogP) is 5.40. The number of hydrogen-bond donors (Lipinski definition) is 2. The van der Waals surface area contributed by atoms with Crippen molar-refractivity contribution >= 4 is 39.9 Å². The van der Waals surface area contributed by atoms with Crippen LogP contribution in [0.5, 0.6) is 5.75 Å². The number of phenols is 1. The lowest BCUT2D eigenvalue weighted by atomic mass is 9.97. The van der Waals surface area contributed by atoms with Gasteiger partial charge in [0.1, 0.15) is 11.6 Å². The molecule has 222 valence electrons. The number of benzene rings is 2. The standard InChI is InChI=1S/C32H32ClFN6O3/c1-5-24(42)38-13-14-39-19(16-38)10-12-36-29-26-22(15-20(27(29)34)25-21(33)7-6-8-23(25)41)40(32(43)37-31(26)39)30-18(4)9-11-35-28(30)17(2)3/h5-9,11,15,17,19,36,41H,1,10,12-14,16H2,2-4H3. The Morgan fingerprint density at radius 3 is 2.79 bits per heavy atom. The van der Waals surface area contributed by atoms with Gasteiger partial charge in [-0.15, -0.1) is 0 Å². The van der Waals surface area contributed by atoms with Crippen LogP contribution in [-0.4, -0.2) is 62.7 Å². The van der Waals surface area contributed by atoms with E-state index in [2.05, 4.69) is 21.9 Å². The van der Waals surface area contributed by atoms with Crippen molar-refractivity contribution < 1.29 is 14.3 Å². The van der Waals surface area contributed by atoms with Gasteiger partial charge in [0.25, 0.3) is 0 Å². The lowest BCUT2D eigenvalue weighted by Crippen LogP contribution is -2.56. The molecule has 1 unspecified atom stereocenters. The normalized spacial score (nSPS) is 16.5. The number of hydrogen-bond acceptors (Lipinski definition) is 7. The first kappa shape index (κ1) is 28.7. The second-order valence-corrected chi connectivity index (χ2v) is 11.7. The quantitative estimate of drug-likeness (QED) is 0.302. The van der Waals surface area contributed by atoms with Gasteiger partial charge in [0.15, 0.2) is 5.82 Å². The number of carbonyl (C=O) groups excluding carboxylic acids is 1. The van der Waals surface area contributed by atoms with E-state index in [0.29, 0.717) is 60.7 Å². The third-order valence-electron chi connectivity index (χ3n) is 8.31. The fourth-order valence-electron chi connectivity index (χ4n) is 6.26. The van der Waals surface area contributed by atoms with Gasteiger partial charge in [-0.05, 0) is 55.2 Å². The van der Waals surface area contributed by atoms with Gasteiger partial charge in [-0.1, -0.05) is 38.1 Å². The third-order valence-corrected chi connectivity index (χ3v) is 8.62. The largest absolute Gasteiger partial charge is 0.507 e. The van der Waals surface area contributed by atoms with Gasteiger partial charge in [0.2, 0.25) is 5.91 Å². The minimum atomic E-state index is -0.616. The number of aromatic nitrogens is 3. The summed E-state index contributed by atoms with van der Waals surface area (Å²) in [6.07, 6.45) is 3.57. The average Bonchev–Trinajstić information content (AvgIpc) is 2.97. The van der Waals surface area contributed by atoms with Crippen molar-refractivity contribution in [2.75, 3.05) is 36.4 Å². The molecule has 2 aromatic carbocycles. The maximum Gasteiger partial charge on any atom is 0.354 e.